The lowest BCUT2D eigenvalue weighted by Gasteiger charge is -1.99. The van der Waals surface area contributed by atoms with Crippen molar-refractivity contribution in [3.8, 4) is 0 Å². The summed E-state index contributed by atoms with van der Waals surface area (Å²) in [6.07, 6.45) is 4.04. The predicted molar refractivity (Wildman–Crippen MR) is 101 cm³/mol. The molecule has 0 aliphatic rings. The molecule has 3 aromatic rings. The second kappa shape index (κ2) is 7.27. The normalized spacial score (nSPS) is 11.1. The third-order valence-electron chi connectivity index (χ3n) is 3.62. The van der Waals surface area contributed by atoms with Gasteiger partial charge in [0.25, 0.3) is 5.01 Å². The summed E-state index contributed by atoms with van der Waals surface area (Å²) in [5.74, 6) is -0.0542. The predicted octanol–water partition coefficient (Wildman–Crippen LogP) is 4.25. The van der Waals surface area contributed by atoms with Crippen molar-refractivity contribution in [1.82, 2.24) is 0 Å². The molecule has 0 atom stereocenters. The molecule has 0 aliphatic carbocycles. The van der Waals surface area contributed by atoms with Gasteiger partial charge in [0.1, 0.15) is 11.2 Å². The van der Waals surface area contributed by atoms with Crippen LogP contribution < -0.4 is 15.2 Å². The first kappa shape index (κ1) is 16.2. The van der Waals surface area contributed by atoms with Crippen LogP contribution in [0.25, 0.3) is 16.3 Å². The molecule has 5 heteroatoms. The highest BCUT2D eigenvalue weighted by Gasteiger charge is 2.17. The smallest absolute Gasteiger partial charge is 0.264 e. The third-order valence-corrected chi connectivity index (χ3v) is 4.73. The van der Waals surface area contributed by atoms with E-state index in [9.17, 15) is 4.79 Å². The van der Waals surface area contributed by atoms with Crippen LogP contribution in [-0.2, 0) is 11.3 Å². The van der Waals surface area contributed by atoms with Gasteiger partial charge in [-0.05, 0) is 31.2 Å². The zero-order valence-electron chi connectivity index (χ0n) is 13.7. The molecule has 0 saturated heterocycles. The molecule has 0 radical (unpaired) electrons. The summed E-state index contributed by atoms with van der Waals surface area (Å²) in [6.45, 7) is 4.55. The molecular weight excluding hydrogens is 318 g/mol. The largest absolute Gasteiger partial charge is 0.361 e. The van der Waals surface area contributed by atoms with Gasteiger partial charge in [0.15, 0.2) is 0 Å². The van der Waals surface area contributed by atoms with Gasteiger partial charge >= 0.3 is 0 Å². The number of benzene rings is 2. The third kappa shape index (κ3) is 3.63. The van der Waals surface area contributed by atoms with Crippen molar-refractivity contribution in [2.75, 3.05) is 10.6 Å². The van der Waals surface area contributed by atoms with Crippen molar-refractivity contribution in [3.63, 3.8) is 0 Å². The molecule has 0 unspecified atom stereocenters. The van der Waals surface area contributed by atoms with Crippen LogP contribution in [0.1, 0.15) is 18.9 Å². The first-order chi connectivity index (χ1) is 11.7. The maximum atomic E-state index is 11.2. The van der Waals surface area contributed by atoms with Crippen molar-refractivity contribution in [3.05, 3.63) is 59.7 Å². The van der Waals surface area contributed by atoms with Gasteiger partial charge in [-0.15, -0.1) is 0 Å². The Hall–Kier alpha value is -2.66. The number of hydrogen-bond donors (Lipinski definition) is 2. The lowest BCUT2D eigenvalue weighted by molar-refractivity contribution is -0.665. The van der Waals surface area contributed by atoms with E-state index in [0.29, 0.717) is 0 Å². The van der Waals surface area contributed by atoms with E-state index in [0.717, 1.165) is 27.6 Å². The first-order valence-corrected chi connectivity index (χ1v) is 8.71. The van der Waals surface area contributed by atoms with Gasteiger partial charge in [-0.3, -0.25) is 4.79 Å². The average Bonchev–Trinajstić information content (AvgIpc) is 2.92. The Labute approximate surface area is 145 Å². The molecule has 0 aliphatic heterocycles. The van der Waals surface area contributed by atoms with Gasteiger partial charge in [-0.25, -0.2) is 0 Å². The molecule has 122 valence electrons. The Balaban J connectivity index is 1.88. The molecule has 2 N–H and O–H groups in total. The van der Waals surface area contributed by atoms with Crippen LogP contribution in [0.2, 0.25) is 0 Å². The molecule has 2 aromatic carbocycles. The number of amides is 1. The Morgan fingerprint density at radius 1 is 1.17 bits per heavy atom. The van der Waals surface area contributed by atoms with Crippen LogP contribution in [0.15, 0.2) is 54.7 Å². The minimum absolute atomic E-state index is 0.0542. The SMILES string of the molecule is CC[n+]1c(C=CNc2ccccc2)sc2cc(NC(C)=O)ccc21. The van der Waals surface area contributed by atoms with Gasteiger partial charge in [0.05, 0.1) is 0 Å². The number of para-hydroxylation sites is 1. The van der Waals surface area contributed by atoms with Crippen molar-refractivity contribution in [2.24, 2.45) is 0 Å². The second-order valence-corrected chi connectivity index (χ2v) is 6.45. The van der Waals surface area contributed by atoms with E-state index in [1.54, 1.807) is 11.3 Å². The highest BCUT2D eigenvalue weighted by Crippen LogP contribution is 2.25. The van der Waals surface area contributed by atoms with Gasteiger partial charge in [-0.1, -0.05) is 29.5 Å². The molecule has 4 nitrogen and oxygen atoms in total. The number of hydrogen-bond acceptors (Lipinski definition) is 3. The summed E-state index contributed by atoms with van der Waals surface area (Å²) >= 11 is 1.71. The molecule has 0 bridgehead atoms. The molecule has 0 spiro atoms. The Morgan fingerprint density at radius 2 is 1.96 bits per heavy atom. The van der Waals surface area contributed by atoms with Gasteiger partial charge in [0, 0.05) is 36.6 Å². The van der Waals surface area contributed by atoms with Crippen molar-refractivity contribution >= 4 is 44.9 Å². The molecule has 1 heterocycles. The number of carbonyl (C=O) groups excluding carboxylic acids is 1. The minimum Gasteiger partial charge on any atom is -0.361 e. The molecule has 1 aromatic heterocycles. The van der Waals surface area contributed by atoms with Crippen LogP contribution in [0.4, 0.5) is 11.4 Å². The van der Waals surface area contributed by atoms with Gasteiger partial charge in [0.2, 0.25) is 11.4 Å². The summed E-state index contributed by atoms with van der Waals surface area (Å²) < 4.78 is 3.42. The number of nitrogens with zero attached hydrogens (tertiary/aromatic N) is 1. The zero-order valence-corrected chi connectivity index (χ0v) is 14.6. The van der Waals surface area contributed by atoms with E-state index in [-0.39, 0.29) is 5.91 Å². The van der Waals surface area contributed by atoms with Crippen molar-refractivity contribution in [2.45, 2.75) is 20.4 Å². The van der Waals surface area contributed by atoms with E-state index in [1.807, 2.05) is 48.7 Å². The van der Waals surface area contributed by atoms with E-state index in [4.69, 9.17) is 0 Å². The molecule has 1 amide bonds. The maximum absolute atomic E-state index is 11.2. The summed E-state index contributed by atoms with van der Waals surface area (Å²) in [7, 11) is 0. The lowest BCUT2D eigenvalue weighted by atomic mass is 10.3. The highest BCUT2D eigenvalue weighted by molar-refractivity contribution is 7.18. The first-order valence-electron chi connectivity index (χ1n) is 7.89. The number of thiazole rings is 1. The Morgan fingerprint density at radius 3 is 2.67 bits per heavy atom. The van der Waals surface area contributed by atoms with Crippen LogP contribution >= 0.6 is 11.3 Å². The molecule has 24 heavy (non-hydrogen) atoms. The molecule has 3 rings (SSSR count). The van der Waals surface area contributed by atoms with E-state index in [2.05, 4.69) is 34.3 Å². The van der Waals surface area contributed by atoms with Crippen LogP contribution in [0, 0.1) is 0 Å². The number of nitrogens with one attached hydrogen (secondary N) is 2. The fourth-order valence-electron chi connectivity index (χ4n) is 2.58. The topological polar surface area (TPSA) is 45.0 Å². The van der Waals surface area contributed by atoms with Gasteiger partial charge in [-0.2, -0.15) is 4.57 Å². The number of fused-ring (bicyclic) bond motifs is 1. The van der Waals surface area contributed by atoms with Crippen LogP contribution in [0.5, 0.6) is 0 Å². The molecule has 0 saturated carbocycles. The van der Waals surface area contributed by atoms with Crippen molar-refractivity contribution in [1.29, 1.82) is 0 Å². The van der Waals surface area contributed by atoms with Crippen LogP contribution in [0.3, 0.4) is 0 Å². The number of rotatable bonds is 5. The second-order valence-electron chi connectivity index (χ2n) is 5.39. The van der Waals surface area contributed by atoms with E-state index < -0.39 is 0 Å². The quantitative estimate of drug-likeness (QED) is 0.683. The standard InChI is InChI=1S/C19H19N3OS/c1-3-22-17-10-9-16(21-14(2)23)13-18(17)24-19(22)11-12-20-15-7-5-4-6-8-15/h4-13H,3H2,1-2H3,(H,21,23)/p+1. The fraction of sp³-hybridized carbons (Fsp3) is 0.158. The number of aromatic nitrogens is 1. The van der Waals surface area contributed by atoms with E-state index in [1.165, 1.54) is 12.4 Å². The minimum atomic E-state index is -0.0542. The Kier molecular flexibility index (Phi) is 4.91. The summed E-state index contributed by atoms with van der Waals surface area (Å²) in [5, 5.41) is 7.28. The van der Waals surface area contributed by atoms with E-state index >= 15 is 0 Å². The number of aryl methyl sites for hydroxylation is 1. The molecular formula is C19H20N3OS+. The van der Waals surface area contributed by atoms with Gasteiger partial charge < -0.3 is 10.6 Å². The summed E-state index contributed by atoms with van der Waals surface area (Å²) in [5.41, 5.74) is 3.07. The number of carbonyl (C=O) groups is 1. The summed E-state index contributed by atoms with van der Waals surface area (Å²) in [6, 6.07) is 16.1. The number of anilines is 2. The molecule has 0 fully saturated rings. The van der Waals surface area contributed by atoms with Crippen LogP contribution in [-0.4, -0.2) is 5.91 Å². The fourth-order valence-corrected chi connectivity index (χ4v) is 3.75. The highest BCUT2D eigenvalue weighted by atomic mass is 32.1. The summed E-state index contributed by atoms with van der Waals surface area (Å²) in [4.78, 5) is 11.2. The average molecular weight is 338 g/mol. The zero-order chi connectivity index (χ0) is 16.9. The maximum Gasteiger partial charge on any atom is 0.264 e. The lowest BCUT2D eigenvalue weighted by Crippen LogP contribution is -2.33. The Bertz CT molecular complexity index is 884. The monoisotopic (exact) mass is 338 g/mol. The van der Waals surface area contributed by atoms with Crippen molar-refractivity contribution < 1.29 is 9.36 Å².